The van der Waals surface area contributed by atoms with E-state index >= 15 is 0 Å². The van der Waals surface area contributed by atoms with E-state index in [9.17, 15) is 4.79 Å². The molecule has 0 saturated heterocycles. The molecule has 1 heteroatoms. The second-order valence-corrected chi connectivity index (χ2v) is 5.16. The minimum absolute atomic E-state index is 0.0953. The first kappa shape index (κ1) is 13.5. The highest BCUT2D eigenvalue weighted by Gasteiger charge is 2.09. The fraction of sp³-hybridized carbons (Fsp3) is 0.278. The van der Waals surface area contributed by atoms with Gasteiger partial charge >= 0.3 is 0 Å². The van der Waals surface area contributed by atoms with E-state index in [0.717, 1.165) is 17.5 Å². The Morgan fingerprint density at radius 3 is 1.79 bits per heavy atom. The van der Waals surface area contributed by atoms with E-state index in [4.69, 9.17) is 0 Å². The molecule has 0 heterocycles. The molecule has 0 radical (unpaired) electrons. The Morgan fingerprint density at radius 1 is 0.895 bits per heavy atom. The third kappa shape index (κ3) is 3.11. The van der Waals surface area contributed by atoms with E-state index in [1.165, 1.54) is 11.1 Å². The van der Waals surface area contributed by atoms with Gasteiger partial charge in [-0.3, -0.25) is 4.79 Å². The first-order chi connectivity index (χ1) is 9.11. The molecule has 0 aromatic heterocycles. The summed E-state index contributed by atoms with van der Waals surface area (Å²) in [4.78, 5) is 12.3. The van der Waals surface area contributed by atoms with E-state index in [1.54, 1.807) is 0 Å². The lowest BCUT2D eigenvalue weighted by Gasteiger charge is -2.07. The van der Waals surface area contributed by atoms with Crippen molar-refractivity contribution in [2.75, 3.05) is 0 Å². The van der Waals surface area contributed by atoms with Gasteiger partial charge in [0.25, 0.3) is 0 Å². The van der Waals surface area contributed by atoms with Crippen LogP contribution in [0.2, 0.25) is 0 Å². The van der Waals surface area contributed by atoms with Gasteiger partial charge in [0.15, 0.2) is 5.78 Å². The molecule has 0 N–H and O–H groups in total. The highest BCUT2D eigenvalue weighted by atomic mass is 16.1. The van der Waals surface area contributed by atoms with Gasteiger partial charge in [-0.05, 0) is 23.5 Å². The molecule has 1 nitrogen and oxygen atoms in total. The van der Waals surface area contributed by atoms with Gasteiger partial charge in [0, 0.05) is 11.1 Å². The normalized spacial score (nSPS) is 10.7. The number of benzene rings is 2. The molecular weight excluding hydrogens is 232 g/mol. The molecule has 0 aliphatic rings. The summed E-state index contributed by atoms with van der Waals surface area (Å²) in [6.45, 7) is 6.42. The number of carbonyl (C=O) groups is 1. The van der Waals surface area contributed by atoms with Crippen LogP contribution in [0.3, 0.4) is 0 Å². The van der Waals surface area contributed by atoms with Gasteiger partial charge in [-0.2, -0.15) is 0 Å². The molecule has 0 unspecified atom stereocenters. The van der Waals surface area contributed by atoms with Crippen LogP contribution < -0.4 is 0 Å². The summed E-state index contributed by atoms with van der Waals surface area (Å²) in [6, 6.07) is 15.8. The van der Waals surface area contributed by atoms with Crippen LogP contribution in [0, 0.1) is 0 Å². The standard InChI is InChI=1S/C18H20O/c1-4-14-5-7-16(8-6-14)18(19)17-11-9-15(10-12-17)13(2)3/h5-13H,4H2,1-3H3. The molecule has 0 aliphatic heterocycles. The maximum atomic E-state index is 12.3. The second-order valence-electron chi connectivity index (χ2n) is 5.16. The average molecular weight is 252 g/mol. The topological polar surface area (TPSA) is 17.1 Å². The Labute approximate surface area is 115 Å². The van der Waals surface area contributed by atoms with Crippen molar-refractivity contribution in [3.05, 3.63) is 70.8 Å². The zero-order valence-electron chi connectivity index (χ0n) is 11.8. The third-order valence-corrected chi connectivity index (χ3v) is 3.46. The van der Waals surface area contributed by atoms with Gasteiger partial charge in [0.2, 0.25) is 0 Å². The Hall–Kier alpha value is -1.89. The average Bonchev–Trinajstić information content (AvgIpc) is 2.46. The van der Waals surface area contributed by atoms with Crippen LogP contribution in [0.25, 0.3) is 0 Å². The monoisotopic (exact) mass is 252 g/mol. The number of ketones is 1. The van der Waals surface area contributed by atoms with E-state index in [-0.39, 0.29) is 5.78 Å². The number of carbonyl (C=O) groups excluding carboxylic acids is 1. The Morgan fingerprint density at radius 2 is 1.37 bits per heavy atom. The lowest BCUT2D eigenvalue weighted by molar-refractivity contribution is 0.103. The first-order valence-electron chi connectivity index (χ1n) is 6.85. The van der Waals surface area contributed by atoms with Crippen molar-refractivity contribution in [1.29, 1.82) is 0 Å². The molecule has 2 aromatic rings. The van der Waals surface area contributed by atoms with Gasteiger partial charge in [0.1, 0.15) is 0 Å². The number of aryl methyl sites for hydroxylation is 1. The smallest absolute Gasteiger partial charge is 0.193 e. The van der Waals surface area contributed by atoms with Crippen LogP contribution in [-0.4, -0.2) is 5.78 Å². The molecule has 0 atom stereocenters. The zero-order chi connectivity index (χ0) is 13.8. The highest BCUT2D eigenvalue weighted by molar-refractivity contribution is 6.08. The number of hydrogen-bond donors (Lipinski definition) is 0. The Balaban J connectivity index is 2.22. The fourth-order valence-corrected chi connectivity index (χ4v) is 2.08. The van der Waals surface area contributed by atoms with E-state index in [0.29, 0.717) is 5.92 Å². The van der Waals surface area contributed by atoms with Crippen LogP contribution in [-0.2, 0) is 6.42 Å². The van der Waals surface area contributed by atoms with Crippen LogP contribution in [0.15, 0.2) is 48.5 Å². The zero-order valence-corrected chi connectivity index (χ0v) is 11.8. The lowest BCUT2D eigenvalue weighted by Crippen LogP contribution is -2.01. The number of rotatable bonds is 4. The molecule has 0 bridgehead atoms. The number of hydrogen-bond acceptors (Lipinski definition) is 1. The molecule has 98 valence electrons. The molecule has 0 amide bonds. The molecular formula is C18H20O. The fourth-order valence-electron chi connectivity index (χ4n) is 2.08. The molecule has 0 saturated carbocycles. The molecule has 2 aromatic carbocycles. The Kier molecular flexibility index (Phi) is 4.16. The van der Waals surface area contributed by atoms with Crippen molar-refractivity contribution in [1.82, 2.24) is 0 Å². The van der Waals surface area contributed by atoms with E-state index in [2.05, 4.69) is 20.8 Å². The maximum Gasteiger partial charge on any atom is 0.193 e. The minimum Gasteiger partial charge on any atom is -0.289 e. The lowest BCUT2D eigenvalue weighted by atomic mass is 9.97. The Bertz CT molecular complexity index is 547. The molecule has 19 heavy (non-hydrogen) atoms. The predicted octanol–water partition coefficient (Wildman–Crippen LogP) is 4.60. The highest BCUT2D eigenvalue weighted by Crippen LogP contribution is 2.17. The van der Waals surface area contributed by atoms with Crippen molar-refractivity contribution in [2.45, 2.75) is 33.1 Å². The third-order valence-electron chi connectivity index (χ3n) is 3.46. The summed E-state index contributed by atoms with van der Waals surface area (Å²) in [5, 5.41) is 0. The SMILES string of the molecule is CCc1ccc(C(=O)c2ccc(C(C)C)cc2)cc1. The maximum absolute atomic E-state index is 12.3. The van der Waals surface area contributed by atoms with E-state index < -0.39 is 0 Å². The largest absolute Gasteiger partial charge is 0.289 e. The second kappa shape index (κ2) is 5.83. The van der Waals surface area contributed by atoms with Crippen LogP contribution >= 0.6 is 0 Å². The van der Waals surface area contributed by atoms with Crippen LogP contribution in [0.1, 0.15) is 53.7 Å². The summed E-state index contributed by atoms with van der Waals surface area (Å²) in [7, 11) is 0. The molecule has 0 fully saturated rings. The minimum atomic E-state index is 0.0953. The summed E-state index contributed by atoms with van der Waals surface area (Å²) in [6.07, 6.45) is 0.998. The van der Waals surface area contributed by atoms with Gasteiger partial charge in [0.05, 0.1) is 0 Å². The molecule has 0 aliphatic carbocycles. The summed E-state index contributed by atoms with van der Waals surface area (Å²) in [5.41, 5.74) is 4.03. The summed E-state index contributed by atoms with van der Waals surface area (Å²) in [5.74, 6) is 0.589. The van der Waals surface area contributed by atoms with Gasteiger partial charge in [-0.1, -0.05) is 69.3 Å². The van der Waals surface area contributed by atoms with Crippen molar-refractivity contribution in [3.63, 3.8) is 0 Å². The van der Waals surface area contributed by atoms with Gasteiger partial charge in [-0.15, -0.1) is 0 Å². The van der Waals surface area contributed by atoms with Crippen molar-refractivity contribution in [3.8, 4) is 0 Å². The van der Waals surface area contributed by atoms with E-state index in [1.807, 2.05) is 48.5 Å². The first-order valence-corrected chi connectivity index (χ1v) is 6.85. The van der Waals surface area contributed by atoms with Crippen LogP contribution in [0.4, 0.5) is 0 Å². The van der Waals surface area contributed by atoms with Crippen molar-refractivity contribution in [2.24, 2.45) is 0 Å². The van der Waals surface area contributed by atoms with Gasteiger partial charge in [-0.25, -0.2) is 0 Å². The van der Waals surface area contributed by atoms with Crippen molar-refractivity contribution >= 4 is 5.78 Å². The molecule has 0 spiro atoms. The molecule has 2 rings (SSSR count). The predicted molar refractivity (Wildman–Crippen MR) is 79.8 cm³/mol. The van der Waals surface area contributed by atoms with Crippen molar-refractivity contribution < 1.29 is 4.79 Å². The van der Waals surface area contributed by atoms with Crippen LogP contribution in [0.5, 0.6) is 0 Å². The summed E-state index contributed by atoms with van der Waals surface area (Å²) < 4.78 is 0. The van der Waals surface area contributed by atoms with Gasteiger partial charge < -0.3 is 0 Å². The quantitative estimate of drug-likeness (QED) is 0.727. The summed E-state index contributed by atoms with van der Waals surface area (Å²) >= 11 is 0.